The summed E-state index contributed by atoms with van der Waals surface area (Å²) in [5, 5.41) is 10.1. The number of thioether (sulfide) groups is 1. The van der Waals surface area contributed by atoms with Crippen LogP contribution in [0.5, 0.6) is 0 Å². The van der Waals surface area contributed by atoms with Gasteiger partial charge in [0.05, 0.1) is 4.90 Å². The van der Waals surface area contributed by atoms with E-state index in [0.29, 0.717) is 30.1 Å². The highest BCUT2D eigenvalue weighted by Crippen LogP contribution is 2.23. The van der Waals surface area contributed by atoms with Gasteiger partial charge >= 0.3 is 0 Å². The Morgan fingerprint density at radius 3 is 2.58 bits per heavy atom. The Morgan fingerprint density at radius 1 is 1.10 bits per heavy atom. The summed E-state index contributed by atoms with van der Waals surface area (Å²) in [7, 11) is -3.55. The molecule has 0 atom stereocenters. The highest BCUT2D eigenvalue weighted by Gasteiger charge is 2.26. The predicted octanol–water partition coefficient (Wildman–Crippen LogP) is 3.52. The smallest absolute Gasteiger partial charge is 0.255 e. The second-order valence-electron chi connectivity index (χ2n) is 7.22. The Kier molecular flexibility index (Phi) is 6.69. The van der Waals surface area contributed by atoms with Crippen molar-refractivity contribution in [1.29, 1.82) is 0 Å². The Morgan fingerprint density at radius 2 is 1.87 bits per heavy atom. The number of carbonyl (C=O) groups excluding carboxylic acids is 1. The summed E-state index contributed by atoms with van der Waals surface area (Å²) in [5.74, 6) is 0.412. The summed E-state index contributed by atoms with van der Waals surface area (Å²) in [6.45, 7) is 1.08. The van der Waals surface area contributed by atoms with Crippen molar-refractivity contribution in [3.63, 3.8) is 0 Å². The highest BCUT2D eigenvalue weighted by atomic mass is 32.2. The van der Waals surface area contributed by atoms with Crippen LogP contribution in [0.25, 0.3) is 0 Å². The van der Waals surface area contributed by atoms with E-state index in [-0.39, 0.29) is 10.8 Å². The molecule has 1 fully saturated rings. The van der Waals surface area contributed by atoms with Crippen LogP contribution in [-0.2, 0) is 15.8 Å². The van der Waals surface area contributed by atoms with Crippen molar-refractivity contribution in [2.75, 3.05) is 18.4 Å². The van der Waals surface area contributed by atoms with Gasteiger partial charge in [-0.05, 0) is 48.7 Å². The van der Waals surface area contributed by atoms with Crippen LogP contribution < -0.4 is 5.32 Å². The fourth-order valence-electron chi connectivity index (χ4n) is 3.36. The summed E-state index contributed by atoms with van der Waals surface area (Å²) >= 11 is 1.52. The van der Waals surface area contributed by atoms with E-state index < -0.39 is 10.0 Å². The normalized spacial score (nSPS) is 15.0. The molecular formula is C21H23N5O3S2. The van der Waals surface area contributed by atoms with Gasteiger partial charge < -0.3 is 5.32 Å². The molecule has 1 saturated heterocycles. The minimum absolute atomic E-state index is 0.201. The van der Waals surface area contributed by atoms with Crippen LogP contribution in [0.2, 0.25) is 0 Å². The summed E-state index contributed by atoms with van der Waals surface area (Å²) in [5.41, 5.74) is 2.00. The lowest BCUT2D eigenvalue weighted by molar-refractivity contribution is 0.102. The van der Waals surface area contributed by atoms with E-state index in [2.05, 4.69) is 20.5 Å². The van der Waals surface area contributed by atoms with Crippen LogP contribution in [-0.4, -0.2) is 46.9 Å². The fourth-order valence-corrected chi connectivity index (χ4v) is 5.66. The topological polar surface area (TPSA) is 108 Å². The van der Waals surface area contributed by atoms with Crippen molar-refractivity contribution >= 4 is 33.4 Å². The third-order valence-corrected chi connectivity index (χ3v) is 7.87. The first kappa shape index (κ1) is 21.5. The first-order valence-corrected chi connectivity index (χ1v) is 12.4. The number of nitrogens with zero attached hydrogens (tertiary/aromatic N) is 3. The van der Waals surface area contributed by atoms with E-state index in [9.17, 15) is 13.2 Å². The molecule has 1 amide bonds. The van der Waals surface area contributed by atoms with Gasteiger partial charge in [-0.15, -0.1) is 0 Å². The van der Waals surface area contributed by atoms with E-state index in [1.54, 1.807) is 30.3 Å². The zero-order valence-electron chi connectivity index (χ0n) is 16.8. The molecule has 0 saturated carbocycles. The van der Waals surface area contributed by atoms with Gasteiger partial charge in [0.1, 0.15) is 6.33 Å². The largest absolute Gasteiger partial charge is 0.322 e. The molecule has 2 aromatic carbocycles. The van der Waals surface area contributed by atoms with Gasteiger partial charge in [0, 0.05) is 30.1 Å². The third kappa shape index (κ3) is 5.33. The number of amides is 1. The van der Waals surface area contributed by atoms with Crippen molar-refractivity contribution in [2.24, 2.45) is 0 Å². The number of piperidine rings is 1. The highest BCUT2D eigenvalue weighted by molar-refractivity contribution is 7.98. The lowest BCUT2D eigenvalue weighted by Crippen LogP contribution is -2.35. The van der Waals surface area contributed by atoms with Crippen molar-refractivity contribution in [3.8, 4) is 0 Å². The number of aromatic amines is 1. The number of H-pyrrole nitrogens is 1. The standard InChI is InChI=1S/C21H23N5O3S2/c27-20(17-9-7-16(8-10-17)14-30-21-22-15-23-25-21)24-18-5-4-6-19(13-18)31(28,29)26-11-2-1-3-12-26/h4-10,13,15H,1-3,11-12,14H2,(H,24,27)(H,22,23,25). The maximum Gasteiger partial charge on any atom is 0.255 e. The van der Waals surface area contributed by atoms with Crippen LogP contribution >= 0.6 is 11.8 Å². The Hall–Kier alpha value is -2.69. The van der Waals surface area contributed by atoms with Gasteiger partial charge in [-0.25, -0.2) is 13.4 Å². The molecule has 1 aliphatic heterocycles. The molecule has 0 unspecified atom stereocenters. The Labute approximate surface area is 185 Å². The molecular weight excluding hydrogens is 434 g/mol. The first-order valence-electron chi connectivity index (χ1n) is 10.0. The number of hydrogen-bond acceptors (Lipinski definition) is 6. The van der Waals surface area contributed by atoms with Gasteiger partial charge in [-0.3, -0.25) is 9.89 Å². The van der Waals surface area contributed by atoms with Gasteiger partial charge in [-0.2, -0.15) is 9.40 Å². The molecule has 162 valence electrons. The molecule has 2 N–H and O–H groups in total. The van der Waals surface area contributed by atoms with Crippen molar-refractivity contribution in [1.82, 2.24) is 19.5 Å². The quantitative estimate of drug-likeness (QED) is 0.526. The molecule has 4 rings (SSSR count). The average molecular weight is 458 g/mol. The van der Waals surface area contributed by atoms with Crippen LogP contribution in [0.15, 0.2) is 64.9 Å². The summed E-state index contributed by atoms with van der Waals surface area (Å²) in [6, 6.07) is 13.7. The fraction of sp³-hybridized carbons (Fsp3) is 0.286. The maximum absolute atomic E-state index is 12.9. The van der Waals surface area contributed by atoms with Crippen LogP contribution in [0.3, 0.4) is 0 Å². The van der Waals surface area contributed by atoms with E-state index >= 15 is 0 Å². The van der Waals surface area contributed by atoms with Gasteiger partial charge in [0.25, 0.3) is 5.91 Å². The monoisotopic (exact) mass is 457 g/mol. The van der Waals surface area contributed by atoms with Crippen LogP contribution in [0.4, 0.5) is 5.69 Å². The number of benzene rings is 2. The van der Waals surface area contributed by atoms with E-state index in [0.717, 1.165) is 30.0 Å². The van der Waals surface area contributed by atoms with Crippen LogP contribution in [0.1, 0.15) is 35.2 Å². The van der Waals surface area contributed by atoms with E-state index in [1.807, 2.05) is 12.1 Å². The molecule has 1 aliphatic rings. The molecule has 1 aromatic heterocycles. The lowest BCUT2D eigenvalue weighted by atomic mass is 10.1. The van der Waals surface area contributed by atoms with E-state index in [1.165, 1.54) is 28.5 Å². The van der Waals surface area contributed by atoms with Gasteiger partial charge in [0.2, 0.25) is 10.0 Å². The molecule has 0 bridgehead atoms. The molecule has 0 spiro atoms. The predicted molar refractivity (Wildman–Crippen MR) is 119 cm³/mol. The van der Waals surface area contributed by atoms with Gasteiger partial charge in [-0.1, -0.05) is 36.4 Å². The minimum Gasteiger partial charge on any atom is -0.322 e. The third-order valence-electron chi connectivity index (χ3n) is 5.03. The zero-order valence-corrected chi connectivity index (χ0v) is 18.5. The molecule has 3 aromatic rings. The molecule has 8 nitrogen and oxygen atoms in total. The number of hydrogen-bond donors (Lipinski definition) is 2. The maximum atomic E-state index is 12.9. The average Bonchev–Trinajstić information content (AvgIpc) is 3.32. The minimum atomic E-state index is -3.55. The first-order chi connectivity index (χ1) is 15.0. The number of sulfonamides is 1. The zero-order chi connectivity index (χ0) is 21.7. The lowest BCUT2D eigenvalue weighted by Gasteiger charge is -2.26. The second-order valence-corrected chi connectivity index (χ2v) is 10.1. The van der Waals surface area contributed by atoms with E-state index in [4.69, 9.17) is 0 Å². The van der Waals surface area contributed by atoms with Crippen molar-refractivity contribution in [3.05, 3.63) is 66.0 Å². The number of aromatic nitrogens is 3. The number of nitrogens with one attached hydrogen (secondary N) is 2. The Balaban J connectivity index is 1.41. The molecule has 10 heteroatoms. The summed E-state index contributed by atoms with van der Waals surface area (Å²) in [4.78, 5) is 16.9. The Bertz CT molecular complexity index is 1130. The number of anilines is 1. The molecule has 0 radical (unpaired) electrons. The van der Waals surface area contributed by atoms with Crippen molar-refractivity contribution < 1.29 is 13.2 Å². The molecule has 0 aliphatic carbocycles. The SMILES string of the molecule is O=C(Nc1cccc(S(=O)(=O)N2CCCCC2)c1)c1ccc(CSc2ncn[nH]2)cc1. The summed E-state index contributed by atoms with van der Waals surface area (Å²) < 4.78 is 27.3. The number of rotatable bonds is 7. The van der Waals surface area contributed by atoms with Crippen molar-refractivity contribution in [2.45, 2.75) is 35.1 Å². The molecule has 31 heavy (non-hydrogen) atoms. The second kappa shape index (κ2) is 9.63. The van der Waals surface area contributed by atoms with Crippen LogP contribution in [0, 0.1) is 0 Å². The molecule has 2 heterocycles. The number of carbonyl (C=O) groups is 1. The van der Waals surface area contributed by atoms with Gasteiger partial charge in [0.15, 0.2) is 5.16 Å². The summed E-state index contributed by atoms with van der Waals surface area (Å²) in [6.07, 6.45) is 4.27.